The van der Waals surface area contributed by atoms with Crippen LogP contribution in [-0.4, -0.2) is 24.2 Å². The molecular formula is C16H22N2OS. The Balaban J connectivity index is 1.46. The van der Waals surface area contributed by atoms with E-state index in [4.69, 9.17) is 4.74 Å². The van der Waals surface area contributed by atoms with Gasteiger partial charge in [0.2, 0.25) is 0 Å². The predicted octanol–water partition coefficient (Wildman–Crippen LogP) is 3.91. The third-order valence-electron chi connectivity index (χ3n) is 4.03. The first-order valence-corrected chi connectivity index (χ1v) is 8.39. The van der Waals surface area contributed by atoms with Crippen LogP contribution in [0.5, 0.6) is 0 Å². The number of nitrogens with one attached hydrogen (secondary N) is 1. The molecule has 0 aromatic carbocycles. The van der Waals surface area contributed by atoms with E-state index in [1.165, 1.54) is 35.9 Å². The number of thiophene rings is 1. The Kier molecular flexibility index (Phi) is 4.65. The van der Waals surface area contributed by atoms with Crippen LogP contribution in [-0.2, 0) is 4.74 Å². The largest absolute Gasteiger partial charge is 0.377 e. The van der Waals surface area contributed by atoms with Gasteiger partial charge in [-0.2, -0.15) is 0 Å². The first-order valence-electron chi connectivity index (χ1n) is 7.51. The van der Waals surface area contributed by atoms with E-state index in [1.807, 2.05) is 6.20 Å². The molecule has 2 aromatic heterocycles. The Morgan fingerprint density at radius 3 is 3.15 bits per heavy atom. The minimum atomic E-state index is 0.321. The maximum absolute atomic E-state index is 5.87. The zero-order valence-electron chi connectivity index (χ0n) is 12.0. The highest BCUT2D eigenvalue weighted by Gasteiger charge is 2.15. The van der Waals surface area contributed by atoms with E-state index in [-0.39, 0.29) is 0 Å². The van der Waals surface area contributed by atoms with Crippen molar-refractivity contribution < 1.29 is 4.74 Å². The van der Waals surface area contributed by atoms with Gasteiger partial charge in [0.25, 0.3) is 0 Å². The third-order valence-corrected chi connectivity index (χ3v) is 4.89. The van der Waals surface area contributed by atoms with Crippen molar-refractivity contribution in [3.8, 4) is 0 Å². The fourth-order valence-electron chi connectivity index (χ4n) is 2.77. The zero-order chi connectivity index (χ0) is 13.8. The molecule has 0 radical (unpaired) electrons. The van der Waals surface area contributed by atoms with Crippen molar-refractivity contribution in [3.05, 3.63) is 29.3 Å². The molecule has 1 aliphatic rings. The molecule has 0 bridgehead atoms. The Hall–Kier alpha value is -0.970. The van der Waals surface area contributed by atoms with Crippen molar-refractivity contribution in [1.82, 2.24) is 10.3 Å². The van der Waals surface area contributed by atoms with Gasteiger partial charge in [0.1, 0.15) is 0 Å². The van der Waals surface area contributed by atoms with Crippen molar-refractivity contribution >= 4 is 21.6 Å². The summed E-state index contributed by atoms with van der Waals surface area (Å²) in [5.74, 6) is 0. The van der Waals surface area contributed by atoms with E-state index in [1.54, 1.807) is 11.3 Å². The van der Waals surface area contributed by atoms with Crippen LogP contribution in [0.15, 0.2) is 23.7 Å². The summed E-state index contributed by atoms with van der Waals surface area (Å²) in [4.78, 5) is 4.49. The monoisotopic (exact) mass is 290 g/mol. The van der Waals surface area contributed by atoms with Crippen LogP contribution in [0, 0.1) is 0 Å². The molecule has 0 saturated heterocycles. The highest BCUT2D eigenvalue weighted by Crippen LogP contribution is 2.23. The van der Waals surface area contributed by atoms with Gasteiger partial charge >= 0.3 is 0 Å². The minimum Gasteiger partial charge on any atom is -0.377 e. The summed E-state index contributed by atoms with van der Waals surface area (Å²) in [6.07, 6.45) is 7.64. The quantitative estimate of drug-likeness (QED) is 0.819. The van der Waals surface area contributed by atoms with Crippen molar-refractivity contribution in [2.75, 3.05) is 13.2 Å². The molecule has 1 aliphatic carbocycles. The third kappa shape index (κ3) is 3.37. The van der Waals surface area contributed by atoms with Crippen LogP contribution in [0.25, 0.3) is 10.2 Å². The summed E-state index contributed by atoms with van der Waals surface area (Å²) in [5.41, 5.74) is 2.34. The van der Waals surface area contributed by atoms with E-state index >= 15 is 0 Å². The van der Waals surface area contributed by atoms with Gasteiger partial charge in [-0.1, -0.05) is 12.8 Å². The first kappa shape index (κ1) is 14.0. The second-order valence-corrected chi connectivity index (χ2v) is 6.47. The molecule has 1 fully saturated rings. The number of pyridine rings is 1. The molecule has 1 atom stereocenters. The molecule has 4 heteroatoms. The van der Waals surface area contributed by atoms with Gasteiger partial charge in [-0.25, -0.2) is 0 Å². The van der Waals surface area contributed by atoms with Crippen LogP contribution in [0.4, 0.5) is 0 Å². The van der Waals surface area contributed by atoms with Crippen LogP contribution >= 0.6 is 11.3 Å². The predicted molar refractivity (Wildman–Crippen MR) is 84.2 cm³/mol. The van der Waals surface area contributed by atoms with Crippen molar-refractivity contribution in [3.63, 3.8) is 0 Å². The van der Waals surface area contributed by atoms with Gasteiger partial charge in [-0.15, -0.1) is 11.3 Å². The summed E-state index contributed by atoms with van der Waals surface area (Å²) in [5, 5.41) is 5.61. The molecule has 1 N–H and O–H groups in total. The Morgan fingerprint density at radius 2 is 2.30 bits per heavy atom. The smallest absolute Gasteiger partial charge is 0.0809 e. The number of hydrogen-bond acceptors (Lipinski definition) is 4. The first-order chi connectivity index (χ1) is 9.83. The zero-order valence-corrected chi connectivity index (χ0v) is 12.8. The van der Waals surface area contributed by atoms with Gasteiger partial charge < -0.3 is 10.1 Å². The second-order valence-electron chi connectivity index (χ2n) is 5.53. The Labute approximate surface area is 124 Å². The van der Waals surface area contributed by atoms with Crippen molar-refractivity contribution in [2.24, 2.45) is 0 Å². The molecule has 1 saturated carbocycles. The lowest BCUT2D eigenvalue weighted by atomic mass is 10.1. The van der Waals surface area contributed by atoms with Crippen LogP contribution in [0.2, 0.25) is 0 Å². The molecule has 1 unspecified atom stereocenters. The molecule has 108 valence electrons. The normalized spacial score (nSPS) is 17.9. The van der Waals surface area contributed by atoms with Gasteiger partial charge in [0, 0.05) is 18.8 Å². The number of ether oxygens (including phenoxy) is 1. The van der Waals surface area contributed by atoms with E-state index in [0.29, 0.717) is 12.1 Å². The number of fused-ring (bicyclic) bond motifs is 1. The molecule has 2 heterocycles. The van der Waals surface area contributed by atoms with Crippen LogP contribution < -0.4 is 5.32 Å². The van der Waals surface area contributed by atoms with E-state index in [9.17, 15) is 0 Å². The number of hydrogen-bond donors (Lipinski definition) is 1. The topological polar surface area (TPSA) is 34.1 Å². The highest BCUT2D eigenvalue weighted by molar-refractivity contribution is 7.17. The summed E-state index contributed by atoms with van der Waals surface area (Å²) in [6.45, 7) is 3.90. The van der Waals surface area contributed by atoms with Crippen LogP contribution in [0.3, 0.4) is 0 Å². The highest BCUT2D eigenvalue weighted by atomic mass is 32.1. The maximum atomic E-state index is 5.87. The summed E-state index contributed by atoms with van der Waals surface area (Å²) < 4.78 is 7.13. The average Bonchev–Trinajstić information content (AvgIpc) is 3.13. The molecular weight excluding hydrogens is 268 g/mol. The second kappa shape index (κ2) is 6.66. The summed E-state index contributed by atoms with van der Waals surface area (Å²) in [6, 6.07) is 4.63. The van der Waals surface area contributed by atoms with E-state index < -0.39 is 0 Å². The Morgan fingerprint density at radius 1 is 1.45 bits per heavy atom. The Bertz CT molecular complexity index is 548. The van der Waals surface area contributed by atoms with E-state index in [0.717, 1.165) is 18.7 Å². The van der Waals surface area contributed by atoms with Gasteiger partial charge in [0.05, 0.1) is 22.9 Å². The average molecular weight is 290 g/mol. The molecule has 0 spiro atoms. The van der Waals surface area contributed by atoms with Gasteiger partial charge in [-0.05, 0) is 42.8 Å². The van der Waals surface area contributed by atoms with Gasteiger partial charge in [0.15, 0.2) is 0 Å². The summed E-state index contributed by atoms with van der Waals surface area (Å²) >= 11 is 1.75. The number of aromatic nitrogens is 1. The molecule has 0 aliphatic heterocycles. The molecule has 0 amide bonds. The maximum Gasteiger partial charge on any atom is 0.0809 e. The molecule has 3 rings (SSSR count). The molecule has 2 aromatic rings. The standard InChI is InChI=1S/C16H22N2OS/c1-12(17-7-8-19-14-4-2-3-5-14)13-10-16-15(18-11-13)6-9-20-16/h6,9-12,14,17H,2-5,7-8H2,1H3. The molecule has 3 nitrogen and oxygen atoms in total. The lowest BCUT2D eigenvalue weighted by molar-refractivity contribution is 0.0593. The SMILES string of the molecule is CC(NCCOC1CCCC1)c1cnc2ccsc2c1. The fraction of sp³-hybridized carbons (Fsp3) is 0.562. The van der Waals surface area contributed by atoms with Gasteiger partial charge in [-0.3, -0.25) is 4.98 Å². The lowest BCUT2D eigenvalue weighted by Crippen LogP contribution is -2.25. The van der Waals surface area contributed by atoms with E-state index in [2.05, 4.69) is 34.7 Å². The number of nitrogens with zero attached hydrogens (tertiary/aromatic N) is 1. The van der Waals surface area contributed by atoms with Crippen molar-refractivity contribution in [2.45, 2.75) is 44.8 Å². The summed E-state index contributed by atoms with van der Waals surface area (Å²) in [7, 11) is 0. The lowest BCUT2D eigenvalue weighted by Gasteiger charge is -2.16. The fourth-order valence-corrected chi connectivity index (χ4v) is 3.56. The minimum absolute atomic E-state index is 0.321. The van der Waals surface area contributed by atoms with Crippen molar-refractivity contribution in [1.29, 1.82) is 0 Å². The molecule has 20 heavy (non-hydrogen) atoms. The number of rotatable bonds is 6. The van der Waals surface area contributed by atoms with Crippen LogP contribution in [0.1, 0.15) is 44.2 Å².